The van der Waals surface area contributed by atoms with Crippen molar-refractivity contribution in [2.75, 3.05) is 20.1 Å². The molecular formula is C13H17FN4OS. The van der Waals surface area contributed by atoms with E-state index in [9.17, 15) is 9.18 Å². The first-order valence-electron chi connectivity index (χ1n) is 6.34. The highest BCUT2D eigenvalue weighted by molar-refractivity contribution is 7.80. The minimum Gasteiger partial charge on any atom is -0.391 e. The van der Waals surface area contributed by atoms with Gasteiger partial charge in [0.15, 0.2) is 0 Å². The average molecular weight is 296 g/mol. The predicted octanol–water partition coefficient (Wildman–Crippen LogP) is 0.701. The van der Waals surface area contributed by atoms with Crippen LogP contribution in [0.2, 0.25) is 0 Å². The Morgan fingerprint density at radius 3 is 2.70 bits per heavy atom. The van der Waals surface area contributed by atoms with Crippen LogP contribution in [0.3, 0.4) is 0 Å². The van der Waals surface area contributed by atoms with Crippen molar-refractivity contribution in [3.05, 3.63) is 29.8 Å². The number of nitrogens with zero attached hydrogens (tertiary/aromatic N) is 2. The van der Waals surface area contributed by atoms with Gasteiger partial charge in [0.1, 0.15) is 5.82 Å². The molecule has 0 unspecified atom stereocenters. The Labute approximate surface area is 122 Å². The normalized spacial score (nSPS) is 18.5. The van der Waals surface area contributed by atoms with E-state index < -0.39 is 17.3 Å². The topological polar surface area (TPSA) is 71.2 Å². The minimum absolute atomic E-state index is 0.166. The number of pyridine rings is 1. The molecule has 5 nitrogen and oxygen atoms in total. The SMILES string of the molecule is CN1CCC(NC(=O)c2cncc(F)c2)(C(N)=S)CC1. The molecule has 2 rings (SSSR count). The van der Waals surface area contributed by atoms with Crippen LogP contribution in [0.5, 0.6) is 0 Å². The standard InChI is InChI=1S/C13H17FN4OS/c1-18-4-2-13(3-5-18,12(15)20)17-11(19)9-6-10(14)8-16-7-9/h6-8H,2-5H2,1H3,(H2,15,20)(H,17,19). The average Bonchev–Trinajstić information content (AvgIpc) is 2.41. The van der Waals surface area contributed by atoms with Gasteiger partial charge in [-0.25, -0.2) is 4.39 Å². The molecule has 1 amide bonds. The third-order valence-electron chi connectivity index (χ3n) is 3.63. The molecular weight excluding hydrogens is 279 g/mol. The summed E-state index contributed by atoms with van der Waals surface area (Å²) in [6.45, 7) is 1.58. The van der Waals surface area contributed by atoms with Crippen LogP contribution in [0.15, 0.2) is 18.5 Å². The zero-order chi connectivity index (χ0) is 14.8. The number of rotatable bonds is 3. The Hall–Kier alpha value is -1.60. The van der Waals surface area contributed by atoms with E-state index in [1.807, 2.05) is 7.05 Å². The minimum atomic E-state index is -0.703. The van der Waals surface area contributed by atoms with E-state index in [1.165, 1.54) is 6.20 Å². The number of aromatic nitrogens is 1. The second-order valence-electron chi connectivity index (χ2n) is 5.10. The van der Waals surface area contributed by atoms with E-state index in [0.717, 1.165) is 25.4 Å². The molecule has 1 aromatic rings. The van der Waals surface area contributed by atoms with Gasteiger partial charge in [-0.2, -0.15) is 0 Å². The molecule has 1 aliphatic rings. The summed E-state index contributed by atoms with van der Waals surface area (Å²) >= 11 is 5.12. The predicted molar refractivity (Wildman–Crippen MR) is 77.9 cm³/mol. The fourth-order valence-electron chi connectivity index (χ4n) is 2.26. The van der Waals surface area contributed by atoms with Gasteiger partial charge in [-0.15, -0.1) is 0 Å². The van der Waals surface area contributed by atoms with Crippen molar-refractivity contribution in [2.24, 2.45) is 5.73 Å². The Bertz CT molecular complexity index is 529. The number of carbonyl (C=O) groups is 1. The van der Waals surface area contributed by atoms with Gasteiger partial charge in [0, 0.05) is 19.3 Å². The van der Waals surface area contributed by atoms with E-state index in [2.05, 4.69) is 15.2 Å². The number of thiocarbonyl (C=S) groups is 1. The van der Waals surface area contributed by atoms with Gasteiger partial charge in [0.2, 0.25) is 0 Å². The molecule has 0 bridgehead atoms. The quantitative estimate of drug-likeness (QED) is 0.804. The van der Waals surface area contributed by atoms with Crippen molar-refractivity contribution >= 4 is 23.1 Å². The molecule has 1 saturated heterocycles. The molecule has 0 spiro atoms. The summed E-state index contributed by atoms with van der Waals surface area (Å²) in [5, 5.41) is 2.86. The summed E-state index contributed by atoms with van der Waals surface area (Å²) in [7, 11) is 2.00. The van der Waals surface area contributed by atoms with Crippen LogP contribution in [0.25, 0.3) is 0 Å². The van der Waals surface area contributed by atoms with Crippen molar-refractivity contribution in [1.82, 2.24) is 15.2 Å². The summed E-state index contributed by atoms with van der Waals surface area (Å²) in [5.74, 6) is -0.959. The van der Waals surface area contributed by atoms with Gasteiger partial charge in [0.25, 0.3) is 5.91 Å². The molecule has 7 heteroatoms. The van der Waals surface area contributed by atoms with E-state index >= 15 is 0 Å². The number of hydrogen-bond acceptors (Lipinski definition) is 4. The maximum Gasteiger partial charge on any atom is 0.253 e. The molecule has 20 heavy (non-hydrogen) atoms. The van der Waals surface area contributed by atoms with Gasteiger partial charge in [-0.3, -0.25) is 9.78 Å². The number of amides is 1. The molecule has 0 saturated carbocycles. The van der Waals surface area contributed by atoms with Gasteiger partial charge >= 0.3 is 0 Å². The highest BCUT2D eigenvalue weighted by Crippen LogP contribution is 2.22. The van der Waals surface area contributed by atoms with Gasteiger partial charge in [0.05, 0.1) is 22.3 Å². The number of carbonyl (C=O) groups excluding carboxylic acids is 1. The maximum absolute atomic E-state index is 13.1. The van der Waals surface area contributed by atoms with Crippen LogP contribution in [0.1, 0.15) is 23.2 Å². The van der Waals surface area contributed by atoms with Crippen molar-refractivity contribution in [2.45, 2.75) is 18.4 Å². The zero-order valence-electron chi connectivity index (χ0n) is 11.2. The van der Waals surface area contributed by atoms with Crippen LogP contribution in [-0.4, -0.2) is 46.5 Å². The first-order chi connectivity index (χ1) is 9.43. The van der Waals surface area contributed by atoms with E-state index in [0.29, 0.717) is 12.8 Å². The Kier molecular flexibility index (Phi) is 4.29. The van der Waals surface area contributed by atoms with Crippen LogP contribution >= 0.6 is 12.2 Å². The van der Waals surface area contributed by atoms with E-state index in [1.54, 1.807) is 0 Å². The third-order valence-corrected chi connectivity index (χ3v) is 4.02. The summed E-state index contributed by atoms with van der Waals surface area (Å²) in [5.41, 5.74) is 5.28. The van der Waals surface area contributed by atoms with Crippen molar-refractivity contribution < 1.29 is 9.18 Å². The summed E-state index contributed by atoms with van der Waals surface area (Å²) < 4.78 is 13.1. The number of nitrogens with two attached hydrogens (primary N) is 1. The second-order valence-corrected chi connectivity index (χ2v) is 5.54. The fraction of sp³-hybridized carbons (Fsp3) is 0.462. The number of nitrogens with one attached hydrogen (secondary N) is 1. The summed E-state index contributed by atoms with van der Waals surface area (Å²) in [6.07, 6.45) is 3.66. The zero-order valence-corrected chi connectivity index (χ0v) is 12.0. The van der Waals surface area contributed by atoms with Gasteiger partial charge in [-0.05, 0) is 26.0 Å². The Morgan fingerprint density at radius 1 is 1.50 bits per heavy atom. The van der Waals surface area contributed by atoms with Crippen molar-refractivity contribution in [1.29, 1.82) is 0 Å². The van der Waals surface area contributed by atoms with Crippen LogP contribution in [-0.2, 0) is 0 Å². The lowest BCUT2D eigenvalue weighted by molar-refractivity contribution is 0.0889. The number of hydrogen-bond donors (Lipinski definition) is 2. The fourth-order valence-corrected chi connectivity index (χ4v) is 2.51. The lowest BCUT2D eigenvalue weighted by Crippen LogP contribution is -2.61. The summed E-state index contributed by atoms with van der Waals surface area (Å²) in [6, 6.07) is 1.14. The van der Waals surface area contributed by atoms with Gasteiger partial charge in [-0.1, -0.05) is 12.2 Å². The smallest absolute Gasteiger partial charge is 0.253 e. The number of likely N-dealkylation sites (tertiary alicyclic amines) is 1. The second kappa shape index (κ2) is 5.80. The summed E-state index contributed by atoms with van der Waals surface area (Å²) in [4.78, 5) is 18.3. The molecule has 0 atom stereocenters. The molecule has 0 aliphatic carbocycles. The Balaban J connectivity index is 2.17. The lowest BCUT2D eigenvalue weighted by Gasteiger charge is -2.40. The largest absolute Gasteiger partial charge is 0.391 e. The Morgan fingerprint density at radius 2 is 2.15 bits per heavy atom. The van der Waals surface area contributed by atoms with E-state index in [-0.39, 0.29) is 10.6 Å². The molecule has 3 N–H and O–H groups in total. The molecule has 2 heterocycles. The van der Waals surface area contributed by atoms with E-state index in [4.69, 9.17) is 18.0 Å². The number of halogens is 1. The van der Waals surface area contributed by atoms with Crippen LogP contribution < -0.4 is 11.1 Å². The highest BCUT2D eigenvalue weighted by Gasteiger charge is 2.38. The molecule has 108 valence electrons. The monoisotopic (exact) mass is 296 g/mol. The molecule has 0 aromatic carbocycles. The van der Waals surface area contributed by atoms with Crippen LogP contribution in [0, 0.1) is 5.82 Å². The molecule has 1 aliphatic heterocycles. The molecule has 1 aromatic heterocycles. The molecule has 0 radical (unpaired) electrons. The molecule has 1 fully saturated rings. The lowest BCUT2D eigenvalue weighted by atomic mass is 9.87. The number of piperidine rings is 1. The third kappa shape index (κ3) is 3.10. The van der Waals surface area contributed by atoms with Gasteiger partial charge < -0.3 is 16.0 Å². The first-order valence-corrected chi connectivity index (χ1v) is 6.75. The maximum atomic E-state index is 13.1. The van der Waals surface area contributed by atoms with Crippen molar-refractivity contribution in [3.63, 3.8) is 0 Å². The first kappa shape index (κ1) is 14.8. The highest BCUT2D eigenvalue weighted by atomic mass is 32.1. The van der Waals surface area contributed by atoms with Crippen molar-refractivity contribution in [3.8, 4) is 0 Å². The van der Waals surface area contributed by atoms with Crippen LogP contribution in [0.4, 0.5) is 4.39 Å².